The lowest BCUT2D eigenvalue weighted by Crippen LogP contribution is -2.35. The number of hydrogen-bond acceptors (Lipinski definition) is 3. The minimum absolute atomic E-state index is 0.0451. The number of hydrogen-bond donors (Lipinski definition) is 2. The quantitative estimate of drug-likeness (QED) is 0.580. The van der Waals surface area contributed by atoms with Crippen LogP contribution in [0.2, 0.25) is 0 Å². The van der Waals surface area contributed by atoms with Gasteiger partial charge in [0.1, 0.15) is 0 Å². The van der Waals surface area contributed by atoms with Gasteiger partial charge in [-0.25, -0.2) is 0 Å². The highest BCUT2D eigenvalue weighted by Crippen LogP contribution is 2.15. The largest absolute Gasteiger partial charge is 0.369 e. The molecule has 1 amide bonds. The molecule has 12 heavy (non-hydrogen) atoms. The monoisotopic (exact) mass is 171 g/mol. The fourth-order valence-electron chi connectivity index (χ4n) is 1.64. The second-order valence-corrected chi connectivity index (χ2v) is 3.62. The minimum Gasteiger partial charge on any atom is -0.369 e. The summed E-state index contributed by atoms with van der Waals surface area (Å²) in [7, 11) is 0. The molecule has 0 bridgehead atoms. The number of carbonyl (C=O) groups excluding carboxylic acids is 1. The third-order valence-corrected chi connectivity index (χ3v) is 2.22. The smallest absolute Gasteiger partial charge is 0.221 e. The van der Waals surface area contributed by atoms with Gasteiger partial charge in [0, 0.05) is 19.1 Å². The van der Waals surface area contributed by atoms with E-state index in [1.54, 1.807) is 0 Å². The first-order valence-corrected chi connectivity index (χ1v) is 4.37. The predicted octanol–water partition coefficient (Wildman–Crippen LogP) is -0.859. The van der Waals surface area contributed by atoms with Crippen LogP contribution in [0.25, 0.3) is 0 Å². The molecule has 2 atom stereocenters. The summed E-state index contributed by atoms with van der Waals surface area (Å²) in [5.41, 5.74) is 10.8. The standard InChI is InChI=1S/C8H17N3O/c1-6(9)4-11-3-2-7(5-11)8(10)12/h6-7H,2-5,9H2,1H3,(H2,10,12). The Morgan fingerprint density at radius 1 is 1.75 bits per heavy atom. The molecule has 4 nitrogen and oxygen atoms in total. The molecule has 4 heteroatoms. The Balaban J connectivity index is 2.30. The van der Waals surface area contributed by atoms with E-state index in [0.29, 0.717) is 0 Å². The average Bonchev–Trinajstić information content (AvgIpc) is 2.34. The van der Waals surface area contributed by atoms with E-state index in [2.05, 4.69) is 4.90 Å². The van der Waals surface area contributed by atoms with Crippen LogP contribution in [0, 0.1) is 5.92 Å². The van der Waals surface area contributed by atoms with Gasteiger partial charge < -0.3 is 16.4 Å². The molecule has 2 unspecified atom stereocenters. The molecule has 0 saturated carbocycles. The Morgan fingerprint density at radius 2 is 2.42 bits per heavy atom. The van der Waals surface area contributed by atoms with Gasteiger partial charge in [-0.1, -0.05) is 0 Å². The third-order valence-electron chi connectivity index (χ3n) is 2.22. The SMILES string of the molecule is CC(N)CN1CCC(C(N)=O)C1. The highest BCUT2D eigenvalue weighted by Gasteiger charge is 2.26. The maximum Gasteiger partial charge on any atom is 0.221 e. The molecule has 0 spiro atoms. The minimum atomic E-state index is -0.179. The summed E-state index contributed by atoms with van der Waals surface area (Å²) in [6.45, 7) is 4.58. The number of nitrogens with two attached hydrogens (primary N) is 2. The van der Waals surface area contributed by atoms with E-state index in [-0.39, 0.29) is 17.9 Å². The van der Waals surface area contributed by atoms with E-state index in [0.717, 1.165) is 26.1 Å². The summed E-state index contributed by atoms with van der Waals surface area (Å²) < 4.78 is 0. The van der Waals surface area contributed by atoms with Crippen molar-refractivity contribution >= 4 is 5.91 Å². The van der Waals surface area contributed by atoms with E-state index in [1.165, 1.54) is 0 Å². The molecular formula is C8H17N3O. The van der Waals surface area contributed by atoms with Gasteiger partial charge in [-0.05, 0) is 19.9 Å². The Labute approximate surface area is 72.9 Å². The van der Waals surface area contributed by atoms with Crippen molar-refractivity contribution in [3.63, 3.8) is 0 Å². The molecule has 70 valence electrons. The second kappa shape index (κ2) is 3.87. The summed E-state index contributed by atoms with van der Waals surface area (Å²) in [6, 6.07) is 0.177. The Kier molecular flexibility index (Phi) is 3.05. The van der Waals surface area contributed by atoms with Crippen molar-refractivity contribution in [2.75, 3.05) is 19.6 Å². The van der Waals surface area contributed by atoms with Gasteiger partial charge in [0.25, 0.3) is 0 Å². The zero-order chi connectivity index (χ0) is 9.14. The first-order valence-electron chi connectivity index (χ1n) is 4.37. The highest BCUT2D eigenvalue weighted by molar-refractivity contribution is 5.77. The van der Waals surface area contributed by atoms with Crippen LogP contribution >= 0.6 is 0 Å². The van der Waals surface area contributed by atoms with Crippen molar-refractivity contribution in [1.29, 1.82) is 0 Å². The molecule has 1 aliphatic rings. The average molecular weight is 171 g/mol. The first-order chi connectivity index (χ1) is 5.59. The van der Waals surface area contributed by atoms with Gasteiger partial charge in [-0.15, -0.1) is 0 Å². The molecule has 0 aliphatic carbocycles. The van der Waals surface area contributed by atoms with Crippen molar-refractivity contribution in [3.05, 3.63) is 0 Å². The zero-order valence-electron chi connectivity index (χ0n) is 7.49. The number of amides is 1. The normalized spacial score (nSPS) is 27.3. The van der Waals surface area contributed by atoms with Gasteiger partial charge >= 0.3 is 0 Å². The highest BCUT2D eigenvalue weighted by atomic mass is 16.1. The summed E-state index contributed by atoms with van der Waals surface area (Å²) in [5.74, 6) is -0.133. The van der Waals surface area contributed by atoms with Gasteiger partial charge in [0.15, 0.2) is 0 Å². The summed E-state index contributed by atoms with van der Waals surface area (Å²) in [6.07, 6.45) is 0.891. The van der Waals surface area contributed by atoms with E-state index < -0.39 is 0 Å². The number of carbonyl (C=O) groups is 1. The predicted molar refractivity (Wildman–Crippen MR) is 47.4 cm³/mol. The molecule has 0 radical (unpaired) electrons. The van der Waals surface area contributed by atoms with Crippen molar-refractivity contribution in [1.82, 2.24) is 4.90 Å². The fraction of sp³-hybridized carbons (Fsp3) is 0.875. The first kappa shape index (κ1) is 9.48. The summed E-state index contributed by atoms with van der Waals surface area (Å²) >= 11 is 0. The van der Waals surface area contributed by atoms with Crippen LogP contribution in [-0.4, -0.2) is 36.5 Å². The molecule has 1 fully saturated rings. The fourth-order valence-corrected chi connectivity index (χ4v) is 1.64. The van der Waals surface area contributed by atoms with E-state index >= 15 is 0 Å². The molecule has 1 aliphatic heterocycles. The molecule has 1 heterocycles. The van der Waals surface area contributed by atoms with Crippen molar-refractivity contribution in [3.8, 4) is 0 Å². The van der Waals surface area contributed by atoms with Gasteiger partial charge in [-0.3, -0.25) is 4.79 Å². The van der Waals surface area contributed by atoms with Crippen LogP contribution in [0.5, 0.6) is 0 Å². The Morgan fingerprint density at radius 3 is 2.83 bits per heavy atom. The van der Waals surface area contributed by atoms with Crippen LogP contribution in [-0.2, 0) is 4.79 Å². The lowest BCUT2D eigenvalue weighted by molar-refractivity contribution is -0.121. The van der Waals surface area contributed by atoms with Crippen LogP contribution in [0.1, 0.15) is 13.3 Å². The van der Waals surface area contributed by atoms with Gasteiger partial charge in [0.05, 0.1) is 5.92 Å². The Hall–Kier alpha value is -0.610. The van der Waals surface area contributed by atoms with Gasteiger partial charge in [0.2, 0.25) is 5.91 Å². The lowest BCUT2D eigenvalue weighted by Gasteiger charge is -2.17. The van der Waals surface area contributed by atoms with Crippen molar-refractivity contribution < 1.29 is 4.79 Å². The van der Waals surface area contributed by atoms with Gasteiger partial charge in [-0.2, -0.15) is 0 Å². The third kappa shape index (κ3) is 2.46. The van der Waals surface area contributed by atoms with Crippen molar-refractivity contribution in [2.45, 2.75) is 19.4 Å². The number of rotatable bonds is 3. The summed E-state index contributed by atoms with van der Waals surface area (Å²) in [4.78, 5) is 13.0. The lowest BCUT2D eigenvalue weighted by atomic mass is 10.1. The van der Waals surface area contributed by atoms with Crippen LogP contribution < -0.4 is 11.5 Å². The number of likely N-dealkylation sites (tertiary alicyclic amines) is 1. The maximum atomic E-state index is 10.8. The molecule has 0 aromatic rings. The van der Waals surface area contributed by atoms with E-state index in [1.807, 2.05) is 6.92 Å². The van der Waals surface area contributed by atoms with Crippen molar-refractivity contribution in [2.24, 2.45) is 17.4 Å². The number of nitrogens with zero attached hydrogens (tertiary/aromatic N) is 1. The zero-order valence-corrected chi connectivity index (χ0v) is 7.49. The molecule has 1 saturated heterocycles. The topological polar surface area (TPSA) is 72.3 Å². The van der Waals surface area contributed by atoms with Crippen LogP contribution in [0.15, 0.2) is 0 Å². The second-order valence-electron chi connectivity index (χ2n) is 3.62. The van der Waals surface area contributed by atoms with E-state index in [4.69, 9.17) is 11.5 Å². The number of primary amides is 1. The summed E-state index contributed by atoms with van der Waals surface area (Å²) in [5, 5.41) is 0. The molecule has 0 aromatic carbocycles. The molecular weight excluding hydrogens is 154 g/mol. The van der Waals surface area contributed by atoms with Crippen LogP contribution in [0.3, 0.4) is 0 Å². The van der Waals surface area contributed by atoms with Crippen LogP contribution in [0.4, 0.5) is 0 Å². The maximum absolute atomic E-state index is 10.8. The molecule has 4 N–H and O–H groups in total. The molecule has 0 aromatic heterocycles. The molecule has 1 rings (SSSR count). The van der Waals surface area contributed by atoms with E-state index in [9.17, 15) is 4.79 Å². The Bertz CT molecular complexity index is 170.